The molecule has 0 aliphatic heterocycles. The summed E-state index contributed by atoms with van der Waals surface area (Å²) in [5, 5.41) is 10.9. The van der Waals surface area contributed by atoms with Gasteiger partial charge in [0.15, 0.2) is 23.1 Å². The molecular weight excluding hydrogens is 391 g/mol. The number of hydrogen-bond donors (Lipinski definition) is 1. The van der Waals surface area contributed by atoms with Gasteiger partial charge in [-0.05, 0) is 44.9 Å². The maximum absolute atomic E-state index is 13.8. The zero-order valence-corrected chi connectivity index (χ0v) is 17.7. The normalized spacial score (nSPS) is 10.9. The highest BCUT2D eigenvalue weighted by atomic mass is 19.1. The third-order valence-electron chi connectivity index (χ3n) is 4.81. The molecule has 8 nitrogen and oxygen atoms in total. The number of anilines is 1. The number of carbonyl (C=O) groups excluding carboxylic acids is 1. The Balaban J connectivity index is 1.78. The molecule has 0 radical (unpaired) electrons. The Kier molecular flexibility index (Phi) is 6.39. The van der Waals surface area contributed by atoms with E-state index >= 15 is 0 Å². The molecule has 0 fully saturated rings. The molecule has 0 aliphatic carbocycles. The van der Waals surface area contributed by atoms with E-state index in [0.29, 0.717) is 17.9 Å². The average molecular weight is 416 g/mol. The van der Waals surface area contributed by atoms with E-state index in [2.05, 4.69) is 15.6 Å². The Hall–Kier alpha value is -3.36. The van der Waals surface area contributed by atoms with E-state index in [9.17, 15) is 9.18 Å². The van der Waals surface area contributed by atoms with Crippen LogP contribution in [0, 0.1) is 19.7 Å². The molecule has 0 unspecified atom stereocenters. The van der Waals surface area contributed by atoms with Crippen molar-refractivity contribution in [3.8, 4) is 17.1 Å². The van der Waals surface area contributed by atoms with Gasteiger partial charge in [-0.25, -0.2) is 4.39 Å². The number of halogens is 1. The number of benzene rings is 1. The molecule has 0 saturated carbocycles. The summed E-state index contributed by atoms with van der Waals surface area (Å²) in [6, 6.07) is 4.26. The lowest BCUT2D eigenvalue weighted by Gasteiger charge is -2.11. The highest BCUT2D eigenvalue weighted by Crippen LogP contribution is 2.33. The van der Waals surface area contributed by atoms with Gasteiger partial charge in [0.05, 0.1) is 12.8 Å². The van der Waals surface area contributed by atoms with E-state index in [-0.39, 0.29) is 23.0 Å². The number of nitrogens with zero attached hydrogens (tertiary/aromatic N) is 3. The topological polar surface area (TPSA) is 93.6 Å². The summed E-state index contributed by atoms with van der Waals surface area (Å²) in [5.41, 5.74) is 2.70. The summed E-state index contributed by atoms with van der Waals surface area (Å²) in [4.78, 5) is 14.7. The highest BCUT2D eigenvalue weighted by molar-refractivity contribution is 6.04. The minimum atomic E-state index is -0.501. The van der Waals surface area contributed by atoms with Gasteiger partial charge in [0.2, 0.25) is 0 Å². The van der Waals surface area contributed by atoms with Crippen molar-refractivity contribution in [3.63, 3.8) is 0 Å². The van der Waals surface area contributed by atoms with Crippen molar-refractivity contribution in [1.82, 2.24) is 15.6 Å². The maximum Gasteiger partial charge on any atom is 0.259 e. The quantitative estimate of drug-likeness (QED) is 0.562. The second kappa shape index (κ2) is 8.98. The summed E-state index contributed by atoms with van der Waals surface area (Å²) in [7, 11) is 4.91. The molecule has 0 bridgehead atoms. The van der Waals surface area contributed by atoms with E-state index in [4.69, 9.17) is 13.8 Å². The number of aromatic nitrogens is 2. The van der Waals surface area contributed by atoms with Crippen LogP contribution in [0.3, 0.4) is 0 Å². The number of ether oxygens (including phenoxy) is 1. The molecule has 0 saturated heterocycles. The van der Waals surface area contributed by atoms with E-state index in [1.54, 1.807) is 19.0 Å². The van der Waals surface area contributed by atoms with E-state index in [1.807, 2.05) is 13.8 Å². The molecule has 9 heteroatoms. The molecule has 3 aromatic rings. The molecule has 30 heavy (non-hydrogen) atoms. The lowest BCUT2D eigenvalue weighted by Crippen LogP contribution is -2.27. The number of hydrogen-bond acceptors (Lipinski definition) is 7. The van der Waals surface area contributed by atoms with Crippen molar-refractivity contribution in [2.45, 2.75) is 26.7 Å². The number of nitrogens with one attached hydrogen (secondary N) is 1. The summed E-state index contributed by atoms with van der Waals surface area (Å²) in [5.74, 6) is 0.661. The van der Waals surface area contributed by atoms with Gasteiger partial charge in [-0.3, -0.25) is 4.79 Å². The van der Waals surface area contributed by atoms with Crippen LogP contribution in [-0.4, -0.2) is 44.0 Å². The second-order valence-electron chi connectivity index (χ2n) is 7.12. The fraction of sp³-hybridized carbons (Fsp3) is 0.381. The van der Waals surface area contributed by atoms with Gasteiger partial charge in [0, 0.05) is 31.8 Å². The fourth-order valence-electron chi connectivity index (χ4n) is 3.20. The summed E-state index contributed by atoms with van der Waals surface area (Å²) < 4.78 is 29.4. The fourth-order valence-corrected chi connectivity index (χ4v) is 3.20. The number of amides is 1. The molecule has 1 N–H and O–H groups in total. The average Bonchev–Trinajstić information content (AvgIpc) is 3.30. The number of aryl methyl sites for hydroxylation is 2. The van der Waals surface area contributed by atoms with Gasteiger partial charge in [0.1, 0.15) is 11.3 Å². The molecule has 1 amide bonds. The zero-order chi connectivity index (χ0) is 21.8. The van der Waals surface area contributed by atoms with Crippen LogP contribution >= 0.6 is 0 Å². The van der Waals surface area contributed by atoms with Crippen molar-refractivity contribution in [3.05, 3.63) is 46.6 Å². The van der Waals surface area contributed by atoms with Gasteiger partial charge in [0.25, 0.3) is 5.91 Å². The van der Waals surface area contributed by atoms with Gasteiger partial charge in [-0.2, -0.15) is 0 Å². The van der Waals surface area contributed by atoms with Crippen molar-refractivity contribution in [2.75, 3.05) is 32.6 Å². The molecule has 160 valence electrons. The van der Waals surface area contributed by atoms with Crippen LogP contribution in [0.5, 0.6) is 5.75 Å². The lowest BCUT2D eigenvalue weighted by molar-refractivity contribution is 0.0954. The smallest absolute Gasteiger partial charge is 0.259 e. The Bertz CT molecular complexity index is 1020. The predicted octanol–water partition coefficient (Wildman–Crippen LogP) is 3.52. The zero-order valence-electron chi connectivity index (χ0n) is 17.7. The number of methoxy groups -OCH3 is 1. The molecule has 1 aromatic carbocycles. The first-order valence-corrected chi connectivity index (χ1v) is 9.54. The standard InChI is InChI=1S/C21H25FN4O4/c1-12-15(13(2)29-24-12)7-6-10-23-21(27)18-19(30-25-20(18)26(3)4)14-8-9-16(22)17(11-14)28-5/h8-9,11H,6-7,10H2,1-5H3,(H,23,27). The van der Waals surface area contributed by atoms with Gasteiger partial charge < -0.3 is 24.0 Å². The Morgan fingerprint density at radius 3 is 2.63 bits per heavy atom. The molecule has 2 heterocycles. The largest absolute Gasteiger partial charge is 0.494 e. The van der Waals surface area contributed by atoms with Crippen molar-refractivity contribution in [2.24, 2.45) is 0 Å². The molecule has 3 rings (SSSR count). The van der Waals surface area contributed by atoms with Crippen LogP contribution in [0.1, 0.15) is 33.8 Å². The molecule has 0 spiro atoms. The van der Waals surface area contributed by atoms with Crippen molar-refractivity contribution < 1.29 is 23.0 Å². The maximum atomic E-state index is 13.8. The van der Waals surface area contributed by atoms with Crippen molar-refractivity contribution in [1.29, 1.82) is 0 Å². The van der Waals surface area contributed by atoms with Crippen LogP contribution in [-0.2, 0) is 6.42 Å². The van der Waals surface area contributed by atoms with Crippen molar-refractivity contribution >= 4 is 11.7 Å². The predicted molar refractivity (Wildman–Crippen MR) is 109 cm³/mol. The summed E-state index contributed by atoms with van der Waals surface area (Å²) in [6.45, 7) is 4.22. The van der Waals surface area contributed by atoms with Crippen LogP contribution < -0.4 is 15.0 Å². The third kappa shape index (κ3) is 4.29. The summed E-state index contributed by atoms with van der Waals surface area (Å²) in [6.07, 6.45) is 1.46. The van der Waals surface area contributed by atoms with E-state index in [0.717, 1.165) is 29.9 Å². The Labute approximate surface area is 174 Å². The van der Waals surface area contributed by atoms with Gasteiger partial charge in [-0.1, -0.05) is 10.3 Å². The summed E-state index contributed by atoms with van der Waals surface area (Å²) >= 11 is 0. The molecule has 2 aromatic heterocycles. The first-order chi connectivity index (χ1) is 14.3. The Morgan fingerprint density at radius 1 is 1.23 bits per heavy atom. The lowest BCUT2D eigenvalue weighted by atomic mass is 10.1. The number of carbonyl (C=O) groups is 1. The monoisotopic (exact) mass is 416 g/mol. The molecule has 0 aliphatic rings. The van der Waals surface area contributed by atoms with Gasteiger partial charge in [-0.15, -0.1) is 0 Å². The number of rotatable bonds is 8. The van der Waals surface area contributed by atoms with Crippen LogP contribution in [0.25, 0.3) is 11.3 Å². The molecule has 0 atom stereocenters. The molecular formula is C21H25FN4O4. The highest BCUT2D eigenvalue weighted by Gasteiger charge is 2.26. The third-order valence-corrected chi connectivity index (χ3v) is 4.81. The van der Waals surface area contributed by atoms with Crippen LogP contribution in [0.2, 0.25) is 0 Å². The second-order valence-corrected chi connectivity index (χ2v) is 7.12. The SMILES string of the molecule is COc1cc(-c2onc(N(C)C)c2C(=O)NCCCc2c(C)noc2C)ccc1F. The van der Waals surface area contributed by atoms with Crippen LogP contribution in [0.15, 0.2) is 27.2 Å². The van der Waals surface area contributed by atoms with E-state index in [1.165, 1.54) is 25.3 Å². The first kappa shape index (κ1) is 21.4. The first-order valence-electron chi connectivity index (χ1n) is 9.54. The minimum absolute atomic E-state index is 0.0566. The van der Waals surface area contributed by atoms with Crippen LogP contribution in [0.4, 0.5) is 10.2 Å². The van der Waals surface area contributed by atoms with E-state index < -0.39 is 5.82 Å². The minimum Gasteiger partial charge on any atom is -0.494 e. The van der Waals surface area contributed by atoms with Gasteiger partial charge >= 0.3 is 0 Å². The Morgan fingerprint density at radius 2 is 2.00 bits per heavy atom.